The molecule has 0 unspecified atom stereocenters. The molecule has 0 aliphatic rings. The van der Waals surface area contributed by atoms with Crippen LogP contribution in [0, 0.1) is 0 Å². The van der Waals surface area contributed by atoms with Gasteiger partial charge in [-0.3, -0.25) is 4.79 Å². The van der Waals surface area contributed by atoms with Gasteiger partial charge in [-0.15, -0.1) is 0 Å². The van der Waals surface area contributed by atoms with Gasteiger partial charge in [0, 0.05) is 23.6 Å². The van der Waals surface area contributed by atoms with Gasteiger partial charge in [0.15, 0.2) is 0 Å². The van der Waals surface area contributed by atoms with Crippen LogP contribution in [0.1, 0.15) is 28.5 Å². The Morgan fingerprint density at radius 1 is 1.07 bits per heavy atom. The van der Waals surface area contributed by atoms with Crippen LogP contribution >= 0.6 is 0 Å². The number of amides is 1. The standard InChI is InChI=1S/C23H21N3O2/c1-2-17-9-11-19(12-10-17)25-23(27)18-6-5-7-21(14-18)28-16-20-15-26-13-4-3-8-22(26)24-20/h3-15H,2,16H2,1H3,(H,25,27). The van der Waals surface area contributed by atoms with Gasteiger partial charge in [0.05, 0.1) is 5.69 Å². The highest BCUT2D eigenvalue weighted by molar-refractivity contribution is 6.04. The Bertz CT molecular complexity index is 1070. The summed E-state index contributed by atoms with van der Waals surface area (Å²) in [5, 5.41) is 2.92. The number of aryl methyl sites for hydroxylation is 1. The van der Waals surface area contributed by atoms with Crippen LogP contribution in [0.3, 0.4) is 0 Å². The maximum Gasteiger partial charge on any atom is 0.255 e. The van der Waals surface area contributed by atoms with Crippen molar-refractivity contribution in [1.29, 1.82) is 0 Å². The number of hydrogen-bond donors (Lipinski definition) is 1. The molecule has 2 aromatic heterocycles. The van der Waals surface area contributed by atoms with Gasteiger partial charge in [0.25, 0.3) is 5.91 Å². The van der Waals surface area contributed by atoms with Crippen molar-refractivity contribution in [2.75, 3.05) is 5.32 Å². The van der Waals surface area contributed by atoms with E-state index in [0.29, 0.717) is 17.9 Å². The molecule has 0 bridgehead atoms. The van der Waals surface area contributed by atoms with Crippen molar-refractivity contribution >= 4 is 17.2 Å². The number of aromatic nitrogens is 2. The number of anilines is 1. The minimum atomic E-state index is -0.164. The number of nitrogens with zero attached hydrogens (tertiary/aromatic N) is 2. The summed E-state index contributed by atoms with van der Waals surface area (Å²) in [5.74, 6) is 0.466. The van der Waals surface area contributed by atoms with Crippen LogP contribution in [0.5, 0.6) is 5.75 Å². The van der Waals surface area contributed by atoms with Gasteiger partial charge in [0.1, 0.15) is 18.0 Å². The number of nitrogens with one attached hydrogen (secondary N) is 1. The van der Waals surface area contributed by atoms with Crippen molar-refractivity contribution in [3.8, 4) is 5.75 Å². The van der Waals surface area contributed by atoms with Crippen molar-refractivity contribution in [2.24, 2.45) is 0 Å². The van der Waals surface area contributed by atoms with E-state index in [4.69, 9.17) is 4.74 Å². The Morgan fingerprint density at radius 3 is 2.71 bits per heavy atom. The second-order valence-electron chi connectivity index (χ2n) is 6.52. The zero-order chi connectivity index (χ0) is 19.3. The third-order valence-electron chi connectivity index (χ3n) is 4.52. The third kappa shape index (κ3) is 4.04. The lowest BCUT2D eigenvalue weighted by Gasteiger charge is -2.08. The van der Waals surface area contributed by atoms with Gasteiger partial charge >= 0.3 is 0 Å². The highest BCUT2D eigenvalue weighted by Crippen LogP contribution is 2.17. The Balaban J connectivity index is 1.42. The van der Waals surface area contributed by atoms with Crippen LogP contribution in [-0.2, 0) is 13.0 Å². The molecule has 0 atom stereocenters. The summed E-state index contributed by atoms with van der Waals surface area (Å²) in [5.41, 5.74) is 4.27. The number of ether oxygens (including phenoxy) is 1. The second kappa shape index (κ2) is 7.96. The van der Waals surface area contributed by atoms with Gasteiger partial charge in [-0.1, -0.05) is 31.2 Å². The minimum absolute atomic E-state index is 0.164. The summed E-state index contributed by atoms with van der Waals surface area (Å²) in [6, 6.07) is 20.9. The van der Waals surface area contributed by atoms with Crippen molar-refractivity contribution < 1.29 is 9.53 Å². The summed E-state index contributed by atoms with van der Waals surface area (Å²) in [7, 11) is 0. The van der Waals surface area contributed by atoms with Crippen LogP contribution in [0.15, 0.2) is 79.1 Å². The lowest BCUT2D eigenvalue weighted by Crippen LogP contribution is -2.12. The first-order valence-electron chi connectivity index (χ1n) is 9.27. The van der Waals surface area contributed by atoms with E-state index in [1.807, 2.05) is 71.4 Å². The van der Waals surface area contributed by atoms with Gasteiger partial charge in [-0.05, 0) is 54.4 Å². The number of carbonyl (C=O) groups excluding carboxylic acids is 1. The normalized spacial score (nSPS) is 10.8. The van der Waals surface area contributed by atoms with Gasteiger partial charge in [0.2, 0.25) is 0 Å². The first kappa shape index (κ1) is 17.8. The number of pyridine rings is 1. The average Bonchev–Trinajstić information content (AvgIpc) is 3.16. The molecule has 0 saturated heterocycles. The number of rotatable bonds is 6. The molecule has 140 valence electrons. The first-order valence-corrected chi connectivity index (χ1v) is 9.27. The lowest BCUT2D eigenvalue weighted by molar-refractivity contribution is 0.102. The smallest absolute Gasteiger partial charge is 0.255 e. The quantitative estimate of drug-likeness (QED) is 0.533. The zero-order valence-electron chi connectivity index (χ0n) is 15.6. The fraction of sp³-hybridized carbons (Fsp3) is 0.130. The van der Waals surface area contributed by atoms with Crippen molar-refractivity contribution in [2.45, 2.75) is 20.0 Å². The number of hydrogen-bond acceptors (Lipinski definition) is 3. The SMILES string of the molecule is CCc1ccc(NC(=O)c2cccc(OCc3cn4ccccc4n3)c2)cc1. The molecule has 0 aliphatic heterocycles. The maximum absolute atomic E-state index is 12.5. The van der Waals surface area contributed by atoms with Crippen molar-refractivity contribution in [1.82, 2.24) is 9.38 Å². The summed E-state index contributed by atoms with van der Waals surface area (Å²) >= 11 is 0. The van der Waals surface area contributed by atoms with Crippen LogP contribution in [0.4, 0.5) is 5.69 Å². The van der Waals surface area contributed by atoms with Crippen LogP contribution in [0.2, 0.25) is 0 Å². The molecule has 5 heteroatoms. The molecule has 0 spiro atoms. The number of carbonyl (C=O) groups is 1. The van der Waals surface area contributed by atoms with Crippen molar-refractivity contribution in [3.05, 3.63) is 95.9 Å². The van der Waals surface area contributed by atoms with E-state index in [1.165, 1.54) is 5.56 Å². The molecule has 28 heavy (non-hydrogen) atoms. The van der Waals surface area contributed by atoms with Crippen LogP contribution in [-0.4, -0.2) is 15.3 Å². The summed E-state index contributed by atoms with van der Waals surface area (Å²) in [4.78, 5) is 17.0. The number of imidazole rings is 1. The molecule has 4 rings (SSSR count). The molecule has 0 aliphatic carbocycles. The maximum atomic E-state index is 12.5. The average molecular weight is 371 g/mol. The highest BCUT2D eigenvalue weighted by Gasteiger charge is 2.08. The molecule has 1 amide bonds. The fourth-order valence-electron chi connectivity index (χ4n) is 2.97. The largest absolute Gasteiger partial charge is 0.487 e. The topological polar surface area (TPSA) is 55.6 Å². The van der Waals surface area contributed by atoms with Crippen LogP contribution in [0.25, 0.3) is 5.65 Å². The van der Waals surface area contributed by atoms with E-state index in [9.17, 15) is 4.79 Å². The van der Waals surface area contributed by atoms with Crippen LogP contribution < -0.4 is 10.1 Å². The van der Waals surface area contributed by atoms with Gasteiger partial charge in [-0.2, -0.15) is 0 Å². The molecule has 2 aromatic carbocycles. The minimum Gasteiger partial charge on any atom is -0.487 e. The van der Waals surface area contributed by atoms with E-state index < -0.39 is 0 Å². The van der Waals surface area contributed by atoms with E-state index >= 15 is 0 Å². The van der Waals surface area contributed by atoms with E-state index in [-0.39, 0.29) is 5.91 Å². The molecular weight excluding hydrogens is 350 g/mol. The summed E-state index contributed by atoms with van der Waals surface area (Å²) < 4.78 is 7.79. The van der Waals surface area contributed by atoms with E-state index in [1.54, 1.807) is 12.1 Å². The van der Waals surface area contributed by atoms with Gasteiger partial charge in [-0.25, -0.2) is 4.98 Å². The Labute approximate surface area is 163 Å². The Kier molecular flexibility index (Phi) is 5.06. The number of benzene rings is 2. The third-order valence-corrected chi connectivity index (χ3v) is 4.52. The fourth-order valence-corrected chi connectivity index (χ4v) is 2.97. The Morgan fingerprint density at radius 2 is 1.93 bits per heavy atom. The molecular formula is C23H21N3O2. The predicted octanol–water partition coefficient (Wildman–Crippen LogP) is 4.73. The molecule has 1 N–H and O–H groups in total. The highest BCUT2D eigenvalue weighted by atomic mass is 16.5. The summed E-state index contributed by atoms with van der Waals surface area (Å²) in [6.07, 6.45) is 4.86. The molecule has 0 saturated carbocycles. The van der Waals surface area contributed by atoms with E-state index in [2.05, 4.69) is 17.2 Å². The molecule has 5 nitrogen and oxygen atoms in total. The Hall–Kier alpha value is -3.60. The van der Waals surface area contributed by atoms with E-state index in [0.717, 1.165) is 23.4 Å². The first-order chi connectivity index (χ1) is 13.7. The zero-order valence-corrected chi connectivity index (χ0v) is 15.6. The molecule has 0 fully saturated rings. The second-order valence-corrected chi connectivity index (χ2v) is 6.52. The number of fused-ring (bicyclic) bond motifs is 1. The lowest BCUT2D eigenvalue weighted by atomic mass is 10.1. The van der Waals surface area contributed by atoms with Gasteiger partial charge < -0.3 is 14.5 Å². The summed E-state index contributed by atoms with van der Waals surface area (Å²) in [6.45, 7) is 2.44. The molecule has 4 aromatic rings. The monoisotopic (exact) mass is 371 g/mol. The molecule has 0 radical (unpaired) electrons. The molecule has 2 heterocycles. The van der Waals surface area contributed by atoms with Crippen molar-refractivity contribution in [3.63, 3.8) is 0 Å². The predicted molar refractivity (Wildman–Crippen MR) is 110 cm³/mol.